The SMILES string of the molecule is FC(F)Sc1ccc(NC(=S)N[C@H]2C[C@H]3CC[C@H]2C3)cc1. The van der Waals surface area contributed by atoms with Gasteiger partial charge in [0.25, 0.3) is 5.76 Å². The average molecular weight is 328 g/mol. The largest absolute Gasteiger partial charge is 0.359 e. The highest BCUT2D eigenvalue weighted by molar-refractivity contribution is 7.99. The Hall–Kier alpha value is -0.880. The Morgan fingerprint density at radius 2 is 1.95 bits per heavy atom. The molecule has 21 heavy (non-hydrogen) atoms. The third-order valence-electron chi connectivity index (χ3n) is 4.39. The average Bonchev–Trinajstić information content (AvgIpc) is 3.02. The summed E-state index contributed by atoms with van der Waals surface area (Å²) in [5.74, 6) is -0.745. The van der Waals surface area contributed by atoms with E-state index in [1.54, 1.807) is 24.3 Å². The van der Waals surface area contributed by atoms with E-state index in [1.807, 2.05) is 0 Å². The van der Waals surface area contributed by atoms with Crippen LogP contribution in [0.25, 0.3) is 0 Å². The van der Waals surface area contributed by atoms with Crippen molar-refractivity contribution in [3.05, 3.63) is 24.3 Å². The van der Waals surface area contributed by atoms with Crippen molar-refractivity contribution in [3.63, 3.8) is 0 Å². The fraction of sp³-hybridized carbons (Fsp3) is 0.533. The molecule has 2 saturated carbocycles. The molecule has 0 spiro atoms. The van der Waals surface area contributed by atoms with Crippen LogP contribution in [0.1, 0.15) is 25.7 Å². The second-order valence-electron chi connectivity index (χ2n) is 5.78. The number of rotatable bonds is 4. The zero-order valence-corrected chi connectivity index (χ0v) is 13.2. The van der Waals surface area contributed by atoms with Crippen LogP contribution in [0.3, 0.4) is 0 Å². The number of nitrogens with one attached hydrogen (secondary N) is 2. The van der Waals surface area contributed by atoms with E-state index in [1.165, 1.54) is 25.7 Å². The fourth-order valence-corrected chi connectivity index (χ4v) is 4.24. The van der Waals surface area contributed by atoms with E-state index >= 15 is 0 Å². The number of thiocarbonyl (C=S) groups is 1. The predicted molar refractivity (Wildman–Crippen MR) is 86.9 cm³/mol. The minimum atomic E-state index is -2.38. The standard InChI is InChI=1S/C15H18F2N2S2/c16-14(17)21-12-5-3-11(4-6-12)18-15(20)19-13-8-9-1-2-10(13)7-9/h3-6,9-10,13-14H,1-2,7-8H2,(H2,18,19,20)/t9-,10-,13-/m0/s1. The molecule has 2 bridgehead atoms. The lowest BCUT2D eigenvalue weighted by Crippen LogP contribution is -2.40. The van der Waals surface area contributed by atoms with Crippen molar-refractivity contribution in [1.82, 2.24) is 5.32 Å². The van der Waals surface area contributed by atoms with Gasteiger partial charge in [-0.15, -0.1) is 0 Å². The van der Waals surface area contributed by atoms with E-state index < -0.39 is 5.76 Å². The maximum absolute atomic E-state index is 12.2. The fourth-order valence-electron chi connectivity index (χ4n) is 3.48. The summed E-state index contributed by atoms with van der Waals surface area (Å²) in [6.45, 7) is 0. The zero-order valence-electron chi connectivity index (χ0n) is 11.5. The molecule has 1 aromatic rings. The second-order valence-corrected chi connectivity index (χ2v) is 7.25. The summed E-state index contributed by atoms with van der Waals surface area (Å²) in [7, 11) is 0. The summed E-state index contributed by atoms with van der Waals surface area (Å²) >= 11 is 5.89. The van der Waals surface area contributed by atoms with Crippen molar-refractivity contribution in [3.8, 4) is 0 Å². The lowest BCUT2D eigenvalue weighted by atomic mass is 9.96. The summed E-state index contributed by atoms with van der Waals surface area (Å²) in [6.07, 6.45) is 5.23. The number of fused-ring (bicyclic) bond motifs is 2. The van der Waals surface area contributed by atoms with Crippen LogP contribution >= 0.6 is 24.0 Å². The molecule has 6 heteroatoms. The zero-order chi connectivity index (χ0) is 14.8. The minimum absolute atomic E-state index is 0.498. The van der Waals surface area contributed by atoms with Gasteiger partial charge in [0.1, 0.15) is 0 Å². The van der Waals surface area contributed by atoms with Crippen molar-refractivity contribution in [2.45, 2.75) is 42.4 Å². The lowest BCUT2D eigenvalue weighted by Gasteiger charge is -2.24. The van der Waals surface area contributed by atoms with Gasteiger partial charge < -0.3 is 10.6 Å². The Morgan fingerprint density at radius 3 is 2.52 bits per heavy atom. The number of hydrogen-bond acceptors (Lipinski definition) is 2. The topological polar surface area (TPSA) is 24.1 Å². The molecule has 2 N–H and O–H groups in total. The van der Waals surface area contributed by atoms with E-state index in [0.717, 1.165) is 17.5 Å². The lowest BCUT2D eigenvalue weighted by molar-refractivity contribution is 0.252. The van der Waals surface area contributed by atoms with E-state index in [2.05, 4.69) is 10.6 Å². The van der Waals surface area contributed by atoms with Gasteiger partial charge in [0.2, 0.25) is 0 Å². The molecule has 3 rings (SSSR count). The van der Waals surface area contributed by atoms with Gasteiger partial charge in [0, 0.05) is 16.6 Å². The molecule has 2 nitrogen and oxygen atoms in total. The minimum Gasteiger partial charge on any atom is -0.359 e. The Kier molecular flexibility index (Phi) is 4.64. The summed E-state index contributed by atoms with van der Waals surface area (Å²) in [6, 6.07) is 7.41. The highest BCUT2D eigenvalue weighted by Crippen LogP contribution is 2.44. The van der Waals surface area contributed by atoms with Crippen molar-refractivity contribution >= 4 is 34.8 Å². The van der Waals surface area contributed by atoms with Gasteiger partial charge in [-0.25, -0.2) is 0 Å². The van der Waals surface area contributed by atoms with Gasteiger partial charge in [-0.05, 0) is 67.6 Å². The second kappa shape index (κ2) is 6.48. The van der Waals surface area contributed by atoms with Crippen molar-refractivity contribution in [1.29, 1.82) is 0 Å². The van der Waals surface area contributed by atoms with Gasteiger partial charge in [0.05, 0.1) is 0 Å². The van der Waals surface area contributed by atoms with Gasteiger partial charge in [-0.2, -0.15) is 8.78 Å². The molecule has 2 aliphatic carbocycles. The Balaban J connectivity index is 1.50. The van der Waals surface area contributed by atoms with Gasteiger partial charge in [-0.3, -0.25) is 0 Å². The molecule has 3 atom stereocenters. The maximum atomic E-state index is 12.2. The number of hydrogen-bond donors (Lipinski definition) is 2. The van der Waals surface area contributed by atoms with Crippen LogP contribution in [0.5, 0.6) is 0 Å². The van der Waals surface area contributed by atoms with Crippen molar-refractivity contribution < 1.29 is 8.78 Å². The van der Waals surface area contributed by atoms with Crippen LogP contribution in [0.2, 0.25) is 0 Å². The van der Waals surface area contributed by atoms with Crippen molar-refractivity contribution in [2.75, 3.05) is 5.32 Å². The van der Waals surface area contributed by atoms with Crippen LogP contribution in [-0.2, 0) is 0 Å². The third kappa shape index (κ3) is 3.86. The van der Waals surface area contributed by atoms with Gasteiger partial charge >= 0.3 is 0 Å². The first-order chi connectivity index (χ1) is 10.1. The molecule has 0 aliphatic heterocycles. The summed E-state index contributed by atoms with van der Waals surface area (Å²) in [5, 5.41) is 7.16. The molecule has 2 fully saturated rings. The van der Waals surface area contributed by atoms with E-state index in [0.29, 0.717) is 27.8 Å². The summed E-state index contributed by atoms with van der Waals surface area (Å²) in [4.78, 5) is 0.558. The normalized spacial score (nSPS) is 27.1. The number of alkyl halides is 2. The molecule has 0 saturated heterocycles. The molecular formula is C15H18F2N2S2. The number of thioether (sulfide) groups is 1. The molecule has 2 aliphatic rings. The number of halogens is 2. The Bertz CT molecular complexity index is 507. The molecule has 0 amide bonds. The maximum Gasteiger partial charge on any atom is 0.288 e. The van der Waals surface area contributed by atoms with Gasteiger partial charge in [-0.1, -0.05) is 18.2 Å². The molecule has 0 radical (unpaired) electrons. The van der Waals surface area contributed by atoms with Crippen LogP contribution in [0.15, 0.2) is 29.2 Å². The van der Waals surface area contributed by atoms with Crippen LogP contribution in [-0.4, -0.2) is 16.9 Å². The van der Waals surface area contributed by atoms with Crippen LogP contribution in [0.4, 0.5) is 14.5 Å². The number of anilines is 1. The van der Waals surface area contributed by atoms with Crippen LogP contribution in [0, 0.1) is 11.8 Å². The quantitative estimate of drug-likeness (QED) is 0.629. The summed E-state index contributed by atoms with van der Waals surface area (Å²) in [5.41, 5.74) is 0.828. The highest BCUT2D eigenvalue weighted by Gasteiger charge is 2.39. The molecule has 0 aromatic heterocycles. The Labute approximate surface area is 133 Å². The molecule has 114 valence electrons. The first-order valence-corrected chi connectivity index (χ1v) is 8.51. The van der Waals surface area contributed by atoms with E-state index in [-0.39, 0.29) is 0 Å². The first-order valence-electron chi connectivity index (χ1n) is 7.22. The molecular weight excluding hydrogens is 310 g/mol. The smallest absolute Gasteiger partial charge is 0.288 e. The molecule has 1 aromatic carbocycles. The number of benzene rings is 1. The molecule has 0 unspecified atom stereocenters. The summed E-state index contributed by atoms with van der Waals surface area (Å²) < 4.78 is 24.5. The monoisotopic (exact) mass is 328 g/mol. The first kappa shape index (κ1) is 15.0. The van der Waals surface area contributed by atoms with Crippen LogP contribution < -0.4 is 10.6 Å². The Morgan fingerprint density at radius 1 is 1.19 bits per heavy atom. The highest BCUT2D eigenvalue weighted by atomic mass is 32.2. The van der Waals surface area contributed by atoms with E-state index in [4.69, 9.17) is 12.2 Å². The molecule has 0 heterocycles. The third-order valence-corrected chi connectivity index (χ3v) is 5.33. The predicted octanol–water partition coefficient (Wildman–Crippen LogP) is 4.48. The van der Waals surface area contributed by atoms with E-state index in [9.17, 15) is 8.78 Å². The van der Waals surface area contributed by atoms with Gasteiger partial charge in [0.15, 0.2) is 5.11 Å². The van der Waals surface area contributed by atoms with Crippen molar-refractivity contribution in [2.24, 2.45) is 11.8 Å².